The maximum absolute atomic E-state index is 13.3. The summed E-state index contributed by atoms with van der Waals surface area (Å²) in [6, 6.07) is 6.09. The van der Waals surface area contributed by atoms with Crippen molar-refractivity contribution in [2.45, 2.75) is 94.5 Å². The summed E-state index contributed by atoms with van der Waals surface area (Å²) in [4.78, 5) is 20.5. The molecule has 0 bridgehead atoms. The molecular weight excluding hydrogens is 448 g/mol. The van der Waals surface area contributed by atoms with Crippen LogP contribution in [0.15, 0.2) is 23.1 Å². The lowest BCUT2D eigenvalue weighted by atomic mass is 9.86. The number of carbonyl (C=O) groups excluding carboxylic acids is 1. The number of nitrogens with zero attached hydrogens (tertiary/aromatic N) is 4. The minimum atomic E-state index is -3.49. The number of aryl methyl sites for hydroxylation is 2. The highest BCUT2D eigenvalue weighted by atomic mass is 32.2. The van der Waals surface area contributed by atoms with E-state index in [1.54, 1.807) is 16.4 Å². The van der Waals surface area contributed by atoms with E-state index in [0.29, 0.717) is 48.4 Å². The third-order valence-electron chi connectivity index (χ3n) is 8.07. The van der Waals surface area contributed by atoms with Gasteiger partial charge in [0.05, 0.1) is 15.9 Å². The third-order valence-corrected chi connectivity index (χ3v) is 9.96. The molecule has 1 saturated heterocycles. The Morgan fingerprint density at radius 1 is 1.03 bits per heavy atom. The fraction of sp³-hybridized carbons (Fsp3) is 0.692. The van der Waals surface area contributed by atoms with E-state index in [2.05, 4.69) is 11.8 Å². The number of fused-ring (bicyclic) bond motifs is 1. The standard InChI is InChI=1S/C26H38N4O3S/c1-19-6-8-20(9-7-19)30(21-10-11-21)26(31)15-14-25-27-23-18-22(12-13-24(23)28(25)2)34(32,33)29-16-4-3-5-17-29/h12-13,18-21H,3-11,14-17H2,1-2H3. The number of amides is 1. The topological polar surface area (TPSA) is 75.5 Å². The zero-order chi connectivity index (χ0) is 23.9. The Bertz CT molecular complexity index is 1140. The van der Waals surface area contributed by atoms with Crippen molar-refractivity contribution in [1.29, 1.82) is 0 Å². The number of benzene rings is 1. The van der Waals surface area contributed by atoms with E-state index >= 15 is 0 Å². The Morgan fingerprint density at radius 3 is 2.32 bits per heavy atom. The molecular formula is C26H38N4O3S. The molecule has 34 heavy (non-hydrogen) atoms. The maximum Gasteiger partial charge on any atom is 0.243 e. The highest BCUT2D eigenvalue weighted by Crippen LogP contribution is 2.36. The Morgan fingerprint density at radius 2 is 1.68 bits per heavy atom. The molecule has 1 aromatic heterocycles. The summed E-state index contributed by atoms with van der Waals surface area (Å²) in [6.07, 6.45) is 10.9. The number of carbonyl (C=O) groups is 1. The summed E-state index contributed by atoms with van der Waals surface area (Å²) >= 11 is 0. The third kappa shape index (κ3) is 4.76. The summed E-state index contributed by atoms with van der Waals surface area (Å²) in [5.74, 6) is 1.86. The molecule has 0 spiro atoms. The van der Waals surface area contributed by atoms with E-state index in [0.717, 1.165) is 62.2 Å². The highest BCUT2D eigenvalue weighted by molar-refractivity contribution is 7.89. The van der Waals surface area contributed by atoms with Crippen LogP contribution in [0.4, 0.5) is 0 Å². The molecule has 3 fully saturated rings. The molecule has 1 aliphatic heterocycles. The molecule has 186 valence electrons. The van der Waals surface area contributed by atoms with Gasteiger partial charge in [0.1, 0.15) is 5.82 Å². The summed E-state index contributed by atoms with van der Waals surface area (Å²) in [5.41, 5.74) is 1.59. The van der Waals surface area contributed by atoms with Crippen LogP contribution in [-0.2, 0) is 28.3 Å². The van der Waals surface area contributed by atoms with Crippen LogP contribution in [0.25, 0.3) is 11.0 Å². The summed E-state index contributed by atoms with van der Waals surface area (Å²) in [5, 5.41) is 0. The van der Waals surface area contributed by atoms with Crippen molar-refractivity contribution >= 4 is 27.0 Å². The quantitative estimate of drug-likeness (QED) is 0.586. The largest absolute Gasteiger partial charge is 0.337 e. The van der Waals surface area contributed by atoms with Crippen molar-refractivity contribution < 1.29 is 13.2 Å². The van der Waals surface area contributed by atoms with Crippen LogP contribution in [0.5, 0.6) is 0 Å². The van der Waals surface area contributed by atoms with Gasteiger partial charge in [0.25, 0.3) is 0 Å². The van der Waals surface area contributed by atoms with Gasteiger partial charge in [0.15, 0.2) is 0 Å². The first kappa shape index (κ1) is 23.8. The van der Waals surface area contributed by atoms with E-state index in [1.807, 2.05) is 17.7 Å². The Hall–Kier alpha value is -1.93. The molecule has 5 rings (SSSR count). The predicted octanol–water partition coefficient (Wildman–Crippen LogP) is 4.25. The number of sulfonamides is 1. The van der Waals surface area contributed by atoms with E-state index in [4.69, 9.17) is 4.98 Å². The fourth-order valence-corrected chi connectivity index (χ4v) is 7.33. The van der Waals surface area contributed by atoms with Gasteiger partial charge in [-0.25, -0.2) is 13.4 Å². The lowest BCUT2D eigenvalue weighted by Crippen LogP contribution is -2.43. The van der Waals surface area contributed by atoms with Crippen LogP contribution in [0.1, 0.15) is 77.0 Å². The van der Waals surface area contributed by atoms with Gasteiger partial charge < -0.3 is 9.47 Å². The second-order valence-corrected chi connectivity index (χ2v) is 12.6. The zero-order valence-corrected chi connectivity index (χ0v) is 21.4. The molecule has 1 amide bonds. The number of piperidine rings is 1. The van der Waals surface area contributed by atoms with Crippen LogP contribution >= 0.6 is 0 Å². The van der Waals surface area contributed by atoms with Crippen LogP contribution in [0.2, 0.25) is 0 Å². The van der Waals surface area contributed by atoms with E-state index in [9.17, 15) is 13.2 Å². The van der Waals surface area contributed by atoms with E-state index < -0.39 is 10.0 Å². The average Bonchev–Trinajstić information content (AvgIpc) is 3.63. The molecule has 2 aromatic rings. The van der Waals surface area contributed by atoms with Crippen LogP contribution < -0.4 is 0 Å². The van der Waals surface area contributed by atoms with Crippen molar-refractivity contribution in [3.05, 3.63) is 24.0 Å². The van der Waals surface area contributed by atoms with Gasteiger partial charge in [-0.2, -0.15) is 4.31 Å². The highest BCUT2D eigenvalue weighted by Gasteiger charge is 2.38. The summed E-state index contributed by atoms with van der Waals surface area (Å²) in [7, 11) is -1.54. The minimum absolute atomic E-state index is 0.252. The van der Waals surface area contributed by atoms with E-state index in [-0.39, 0.29) is 5.91 Å². The Balaban J connectivity index is 1.30. The molecule has 0 unspecified atom stereocenters. The lowest BCUT2D eigenvalue weighted by molar-refractivity contribution is -0.135. The minimum Gasteiger partial charge on any atom is -0.337 e. The number of hydrogen-bond acceptors (Lipinski definition) is 4. The van der Waals surface area contributed by atoms with Gasteiger partial charge in [-0.1, -0.05) is 13.3 Å². The normalized spacial score (nSPS) is 24.4. The molecule has 3 aliphatic rings. The van der Waals surface area contributed by atoms with Gasteiger partial charge >= 0.3 is 0 Å². The van der Waals surface area contributed by atoms with Crippen molar-refractivity contribution in [1.82, 2.24) is 18.8 Å². The van der Waals surface area contributed by atoms with E-state index in [1.165, 1.54) is 12.8 Å². The molecule has 0 radical (unpaired) electrons. The van der Waals surface area contributed by atoms with Crippen molar-refractivity contribution in [3.8, 4) is 0 Å². The first-order valence-electron chi connectivity index (χ1n) is 13.1. The van der Waals surface area contributed by atoms with Gasteiger partial charge in [-0.05, 0) is 75.5 Å². The average molecular weight is 487 g/mol. The fourth-order valence-electron chi connectivity index (χ4n) is 5.79. The monoisotopic (exact) mass is 486 g/mol. The van der Waals surface area contributed by atoms with Gasteiger partial charge in [-0.15, -0.1) is 0 Å². The van der Waals surface area contributed by atoms with Crippen molar-refractivity contribution in [2.24, 2.45) is 13.0 Å². The Kier molecular flexibility index (Phi) is 6.73. The summed E-state index contributed by atoms with van der Waals surface area (Å²) < 4.78 is 29.8. The molecule has 0 N–H and O–H groups in total. The number of imidazole rings is 1. The van der Waals surface area contributed by atoms with Gasteiger partial charge in [-0.3, -0.25) is 4.79 Å². The first-order chi connectivity index (χ1) is 16.3. The van der Waals surface area contributed by atoms with Gasteiger partial charge in [0, 0.05) is 45.1 Å². The van der Waals surface area contributed by atoms with Crippen molar-refractivity contribution in [3.63, 3.8) is 0 Å². The van der Waals surface area contributed by atoms with Crippen LogP contribution in [0, 0.1) is 5.92 Å². The second-order valence-electron chi connectivity index (χ2n) is 10.6. The lowest BCUT2D eigenvalue weighted by Gasteiger charge is -2.36. The van der Waals surface area contributed by atoms with Crippen LogP contribution in [0.3, 0.4) is 0 Å². The molecule has 2 heterocycles. The molecule has 2 aliphatic carbocycles. The zero-order valence-electron chi connectivity index (χ0n) is 20.6. The maximum atomic E-state index is 13.3. The second kappa shape index (κ2) is 9.61. The van der Waals surface area contributed by atoms with Gasteiger partial charge in [0.2, 0.25) is 15.9 Å². The molecule has 2 saturated carbocycles. The number of rotatable bonds is 7. The molecule has 0 atom stereocenters. The molecule has 1 aromatic carbocycles. The van der Waals surface area contributed by atoms with Crippen LogP contribution in [-0.4, -0.2) is 58.3 Å². The predicted molar refractivity (Wildman–Crippen MR) is 133 cm³/mol. The smallest absolute Gasteiger partial charge is 0.243 e. The number of hydrogen-bond donors (Lipinski definition) is 0. The SMILES string of the molecule is CC1CCC(N(C(=O)CCc2nc3cc(S(=O)(=O)N4CCCCC4)ccc3n2C)C2CC2)CC1. The first-order valence-corrected chi connectivity index (χ1v) is 14.6. The molecule has 8 heteroatoms. The van der Waals surface area contributed by atoms with Crippen molar-refractivity contribution in [2.75, 3.05) is 13.1 Å². The molecule has 7 nitrogen and oxygen atoms in total. The Labute approximate surface area is 203 Å². The number of aromatic nitrogens is 2. The summed E-state index contributed by atoms with van der Waals surface area (Å²) in [6.45, 7) is 3.50.